The summed E-state index contributed by atoms with van der Waals surface area (Å²) >= 11 is 0. The quantitative estimate of drug-likeness (QED) is 0.482. The molecule has 1 aliphatic rings. The van der Waals surface area contributed by atoms with Crippen LogP contribution in [0.3, 0.4) is 0 Å². The topological polar surface area (TPSA) is 49.7 Å². The van der Waals surface area contributed by atoms with Crippen LogP contribution in [0.4, 0.5) is 0 Å². The Balaban J connectivity index is 2.34. The van der Waals surface area contributed by atoms with Gasteiger partial charge in [-0.25, -0.2) is 0 Å². The second-order valence-electron chi connectivity index (χ2n) is 2.53. The van der Waals surface area contributed by atoms with Crippen LogP contribution in [0.25, 0.3) is 0 Å². The fourth-order valence-corrected chi connectivity index (χ4v) is 1.09. The maximum Gasteiger partial charge on any atom is 0.157 e. The summed E-state index contributed by atoms with van der Waals surface area (Å²) in [7, 11) is 0. The van der Waals surface area contributed by atoms with Crippen molar-refractivity contribution in [3.05, 3.63) is 0 Å². The highest BCUT2D eigenvalue weighted by Gasteiger charge is 2.23. The van der Waals surface area contributed by atoms with Gasteiger partial charge >= 0.3 is 0 Å². The highest BCUT2D eigenvalue weighted by molar-refractivity contribution is 4.68. The molecule has 1 heterocycles. The lowest BCUT2D eigenvalue weighted by atomic mass is 10.1. The third kappa shape index (κ3) is 1.93. The minimum Gasteiger partial charge on any atom is -0.393 e. The van der Waals surface area contributed by atoms with Gasteiger partial charge in [0, 0.05) is 6.42 Å². The summed E-state index contributed by atoms with van der Waals surface area (Å²) in [5.41, 5.74) is 0. The summed E-state index contributed by atoms with van der Waals surface area (Å²) < 4.78 is 4.95. The molecule has 1 aliphatic heterocycles. The standard InChI is InChI=1S/C6H12O3/c1-4-2-5(7)3-6(8)9-4/h4-8H,2-3H2,1H3/t4-,5?,6?/m0/s1. The zero-order valence-electron chi connectivity index (χ0n) is 5.45. The summed E-state index contributed by atoms with van der Waals surface area (Å²) in [5.74, 6) is 0. The Hall–Kier alpha value is -0.120. The van der Waals surface area contributed by atoms with E-state index in [0.29, 0.717) is 12.8 Å². The summed E-state index contributed by atoms with van der Waals surface area (Å²) in [5, 5.41) is 17.9. The van der Waals surface area contributed by atoms with Crippen LogP contribution in [0.1, 0.15) is 19.8 Å². The van der Waals surface area contributed by atoms with Crippen molar-refractivity contribution < 1.29 is 14.9 Å². The minimum atomic E-state index is -0.760. The number of rotatable bonds is 0. The van der Waals surface area contributed by atoms with Crippen molar-refractivity contribution in [2.45, 2.75) is 38.3 Å². The van der Waals surface area contributed by atoms with E-state index in [-0.39, 0.29) is 12.2 Å². The van der Waals surface area contributed by atoms with Gasteiger partial charge in [-0.15, -0.1) is 0 Å². The lowest BCUT2D eigenvalue weighted by Crippen LogP contribution is -2.33. The molecule has 2 unspecified atom stereocenters. The van der Waals surface area contributed by atoms with Gasteiger partial charge < -0.3 is 14.9 Å². The summed E-state index contributed by atoms with van der Waals surface area (Å²) in [4.78, 5) is 0. The highest BCUT2D eigenvalue weighted by atomic mass is 16.6. The van der Waals surface area contributed by atoms with Crippen LogP contribution in [0.2, 0.25) is 0 Å². The smallest absolute Gasteiger partial charge is 0.157 e. The van der Waals surface area contributed by atoms with Crippen molar-refractivity contribution in [3.8, 4) is 0 Å². The largest absolute Gasteiger partial charge is 0.393 e. The normalized spacial score (nSPS) is 45.0. The summed E-state index contributed by atoms with van der Waals surface area (Å²) in [6, 6.07) is 0. The van der Waals surface area contributed by atoms with E-state index in [1.165, 1.54) is 0 Å². The van der Waals surface area contributed by atoms with Crippen molar-refractivity contribution >= 4 is 0 Å². The van der Waals surface area contributed by atoms with Gasteiger partial charge in [0.05, 0.1) is 12.2 Å². The maximum atomic E-state index is 9.01. The molecule has 54 valence electrons. The van der Waals surface area contributed by atoms with E-state index >= 15 is 0 Å². The van der Waals surface area contributed by atoms with E-state index in [1.54, 1.807) is 0 Å². The van der Waals surface area contributed by atoms with E-state index in [2.05, 4.69) is 0 Å². The second kappa shape index (κ2) is 2.64. The predicted molar refractivity (Wildman–Crippen MR) is 31.8 cm³/mol. The SMILES string of the molecule is C[C@H]1CC(O)CC(O)O1. The van der Waals surface area contributed by atoms with Crippen LogP contribution in [0.5, 0.6) is 0 Å². The Kier molecular flexibility index (Phi) is 2.05. The van der Waals surface area contributed by atoms with Crippen LogP contribution in [0, 0.1) is 0 Å². The fraction of sp³-hybridized carbons (Fsp3) is 1.00. The summed E-state index contributed by atoms with van der Waals surface area (Å²) in [6.07, 6.45) is -0.169. The van der Waals surface area contributed by atoms with Crippen LogP contribution in [-0.2, 0) is 4.74 Å². The van der Waals surface area contributed by atoms with Crippen LogP contribution < -0.4 is 0 Å². The molecule has 0 aliphatic carbocycles. The van der Waals surface area contributed by atoms with Gasteiger partial charge in [0.25, 0.3) is 0 Å². The first-order valence-electron chi connectivity index (χ1n) is 3.20. The van der Waals surface area contributed by atoms with Gasteiger partial charge in [0.1, 0.15) is 0 Å². The molecule has 0 bridgehead atoms. The zero-order valence-corrected chi connectivity index (χ0v) is 5.45. The van der Waals surface area contributed by atoms with Gasteiger partial charge in [-0.1, -0.05) is 0 Å². The molecule has 2 N–H and O–H groups in total. The molecule has 1 fully saturated rings. The van der Waals surface area contributed by atoms with Crippen molar-refractivity contribution in [2.24, 2.45) is 0 Å². The van der Waals surface area contributed by atoms with Crippen LogP contribution in [-0.4, -0.2) is 28.7 Å². The first-order valence-corrected chi connectivity index (χ1v) is 3.20. The number of hydrogen-bond donors (Lipinski definition) is 2. The Morgan fingerprint density at radius 1 is 1.33 bits per heavy atom. The number of ether oxygens (including phenoxy) is 1. The molecular weight excluding hydrogens is 120 g/mol. The van der Waals surface area contributed by atoms with Crippen LogP contribution >= 0.6 is 0 Å². The van der Waals surface area contributed by atoms with E-state index in [4.69, 9.17) is 14.9 Å². The monoisotopic (exact) mass is 132 g/mol. The van der Waals surface area contributed by atoms with Crippen molar-refractivity contribution in [2.75, 3.05) is 0 Å². The number of aliphatic hydroxyl groups excluding tert-OH is 2. The van der Waals surface area contributed by atoms with Crippen molar-refractivity contribution in [3.63, 3.8) is 0 Å². The zero-order chi connectivity index (χ0) is 6.85. The molecule has 3 heteroatoms. The molecule has 3 nitrogen and oxygen atoms in total. The molecule has 0 saturated carbocycles. The fourth-order valence-electron chi connectivity index (χ4n) is 1.09. The second-order valence-corrected chi connectivity index (χ2v) is 2.53. The molecular formula is C6H12O3. The highest BCUT2D eigenvalue weighted by Crippen LogP contribution is 2.16. The predicted octanol–water partition coefficient (Wildman–Crippen LogP) is -0.135. The molecule has 0 amide bonds. The molecule has 1 saturated heterocycles. The average molecular weight is 132 g/mol. The minimum absolute atomic E-state index is 0.0104. The molecule has 9 heavy (non-hydrogen) atoms. The van der Waals surface area contributed by atoms with Gasteiger partial charge in [0.2, 0.25) is 0 Å². The van der Waals surface area contributed by atoms with Crippen LogP contribution in [0.15, 0.2) is 0 Å². The van der Waals surface area contributed by atoms with Gasteiger partial charge in [-0.2, -0.15) is 0 Å². The molecule has 0 aromatic carbocycles. The Morgan fingerprint density at radius 2 is 2.00 bits per heavy atom. The Labute approximate surface area is 54.3 Å². The molecule has 0 aromatic rings. The lowest BCUT2D eigenvalue weighted by molar-refractivity contribution is -0.183. The Bertz CT molecular complexity index is 69.3. The third-order valence-electron chi connectivity index (χ3n) is 1.47. The Morgan fingerprint density at radius 3 is 2.44 bits per heavy atom. The average Bonchev–Trinajstić information content (AvgIpc) is 1.59. The molecule has 0 radical (unpaired) electrons. The van der Waals surface area contributed by atoms with Gasteiger partial charge in [-0.3, -0.25) is 0 Å². The first kappa shape index (κ1) is 6.99. The lowest BCUT2D eigenvalue weighted by Gasteiger charge is -2.27. The molecule has 1 rings (SSSR count). The van der Waals surface area contributed by atoms with E-state index in [9.17, 15) is 0 Å². The van der Waals surface area contributed by atoms with Crippen molar-refractivity contribution in [1.82, 2.24) is 0 Å². The van der Waals surface area contributed by atoms with E-state index in [0.717, 1.165) is 0 Å². The summed E-state index contributed by atoms with van der Waals surface area (Å²) in [6.45, 7) is 1.84. The molecule has 0 spiro atoms. The first-order chi connectivity index (χ1) is 4.18. The van der Waals surface area contributed by atoms with E-state index in [1.807, 2.05) is 6.92 Å². The van der Waals surface area contributed by atoms with E-state index < -0.39 is 6.29 Å². The number of aliphatic hydroxyl groups is 2. The molecule has 3 atom stereocenters. The number of hydrogen-bond acceptors (Lipinski definition) is 3. The van der Waals surface area contributed by atoms with Gasteiger partial charge in [0.15, 0.2) is 6.29 Å². The van der Waals surface area contributed by atoms with Crippen molar-refractivity contribution in [1.29, 1.82) is 0 Å². The molecule has 0 aromatic heterocycles. The van der Waals surface area contributed by atoms with Gasteiger partial charge in [-0.05, 0) is 13.3 Å². The maximum absolute atomic E-state index is 9.01. The third-order valence-corrected chi connectivity index (χ3v) is 1.47.